The number of hydrogen-bond donors (Lipinski definition) is 4. The van der Waals surface area contributed by atoms with Crippen molar-refractivity contribution in [1.82, 2.24) is 0 Å². The molecule has 0 unspecified atom stereocenters. The SMILES string of the molecule is COC(=O)c1ccc(C(=O)Nc2cc(Cl)ccc2Cl)cc1NC(=O)c1cc2cccc(O)c2cc1O. The first-order valence-corrected chi connectivity index (χ1v) is 11.2. The van der Waals surface area contributed by atoms with E-state index in [2.05, 4.69) is 10.6 Å². The molecule has 4 aromatic carbocycles. The van der Waals surface area contributed by atoms with Crippen LogP contribution in [0.2, 0.25) is 10.0 Å². The highest BCUT2D eigenvalue weighted by Gasteiger charge is 2.20. The van der Waals surface area contributed by atoms with Gasteiger partial charge in [-0.1, -0.05) is 35.3 Å². The molecule has 0 fully saturated rings. The fraction of sp³-hybridized carbons (Fsp3) is 0.0385. The van der Waals surface area contributed by atoms with Crippen molar-refractivity contribution in [2.75, 3.05) is 17.7 Å². The standard InChI is InChI=1S/C26H18Cl2N2O6/c1-36-26(35)16-7-5-14(24(33)30-21-11-15(27)6-8-19(21)28)10-20(16)29-25(34)18-9-13-3-2-4-22(31)17(13)12-23(18)32/h2-12,31-32H,1H3,(H,29,34)(H,30,33). The Labute approximate surface area is 215 Å². The Bertz CT molecular complexity index is 1540. The average molecular weight is 525 g/mol. The van der Waals surface area contributed by atoms with Crippen LogP contribution in [0.4, 0.5) is 11.4 Å². The molecule has 4 aromatic rings. The smallest absolute Gasteiger partial charge is 0.339 e. The van der Waals surface area contributed by atoms with Gasteiger partial charge >= 0.3 is 5.97 Å². The summed E-state index contributed by atoms with van der Waals surface area (Å²) in [5.41, 5.74) is 0.237. The molecule has 0 spiro atoms. The number of phenolic OH excluding ortho intramolecular Hbond substituents is 2. The Balaban J connectivity index is 1.68. The van der Waals surface area contributed by atoms with E-state index in [-0.39, 0.29) is 44.6 Å². The lowest BCUT2D eigenvalue weighted by atomic mass is 10.0. The van der Waals surface area contributed by atoms with Crippen molar-refractivity contribution in [1.29, 1.82) is 0 Å². The van der Waals surface area contributed by atoms with Gasteiger partial charge in [-0.15, -0.1) is 0 Å². The lowest BCUT2D eigenvalue weighted by Crippen LogP contribution is -2.18. The summed E-state index contributed by atoms with van der Waals surface area (Å²) in [6.45, 7) is 0. The van der Waals surface area contributed by atoms with Gasteiger partial charge < -0.3 is 25.6 Å². The number of methoxy groups -OCH3 is 1. The molecule has 0 aliphatic carbocycles. The number of rotatable bonds is 5. The zero-order valence-electron chi connectivity index (χ0n) is 18.6. The van der Waals surface area contributed by atoms with Crippen LogP contribution in [-0.4, -0.2) is 35.1 Å². The number of anilines is 2. The van der Waals surface area contributed by atoms with Crippen LogP contribution in [0, 0.1) is 0 Å². The summed E-state index contributed by atoms with van der Waals surface area (Å²) in [7, 11) is 1.18. The summed E-state index contributed by atoms with van der Waals surface area (Å²) in [5, 5.41) is 27.1. The van der Waals surface area contributed by atoms with Crippen molar-refractivity contribution in [3.05, 3.63) is 93.5 Å². The van der Waals surface area contributed by atoms with Crippen LogP contribution < -0.4 is 10.6 Å². The molecule has 182 valence electrons. The first kappa shape index (κ1) is 24.8. The predicted molar refractivity (Wildman–Crippen MR) is 137 cm³/mol. The molecule has 0 atom stereocenters. The summed E-state index contributed by atoms with van der Waals surface area (Å²) < 4.78 is 4.78. The average Bonchev–Trinajstić information content (AvgIpc) is 2.86. The number of esters is 1. The summed E-state index contributed by atoms with van der Waals surface area (Å²) in [5.74, 6) is -2.51. The molecule has 0 radical (unpaired) electrons. The number of hydrogen-bond acceptors (Lipinski definition) is 6. The molecule has 0 saturated heterocycles. The predicted octanol–water partition coefficient (Wildman–Crippen LogP) is 5.85. The van der Waals surface area contributed by atoms with Crippen LogP contribution >= 0.6 is 23.2 Å². The molecule has 0 saturated carbocycles. The van der Waals surface area contributed by atoms with Gasteiger partial charge in [0, 0.05) is 16.0 Å². The second-order valence-corrected chi connectivity index (χ2v) is 8.50. The van der Waals surface area contributed by atoms with E-state index in [4.69, 9.17) is 27.9 Å². The normalized spacial score (nSPS) is 10.6. The third-order valence-electron chi connectivity index (χ3n) is 5.33. The minimum absolute atomic E-state index is 0.0129. The number of carbonyl (C=O) groups is 3. The summed E-state index contributed by atoms with van der Waals surface area (Å²) in [6.07, 6.45) is 0. The van der Waals surface area contributed by atoms with E-state index in [1.807, 2.05) is 0 Å². The van der Waals surface area contributed by atoms with Crippen molar-refractivity contribution in [2.45, 2.75) is 0 Å². The fourth-order valence-corrected chi connectivity index (χ4v) is 3.87. The number of carbonyl (C=O) groups excluding carboxylic acids is 3. The third kappa shape index (κ3) is 5.05. The van der Waals surface area contributed by atoms with E-state index in [0.717, 1.165) is 0 Å². The minimum Gasteiger partial charge on any atom is -0.507 e. The van der Waals surface area contributed by atoms with E-state index >= 15 is 0 Å². The van der Waals surface area contributed by atoms with Crippen molar-refractivity contribution < 1.29 is 29.3 Å². The van der Waals surface area contributed by atoms with Gasteiger partial charge in [-0.3, -0.25) is 9.59 Å². The van der Waals surface area contributed by atoms with Gasteiger partial charge in [0.1, 0.15) is 11.5 Å². The minimum atomic E-state index is -0.752. The van der Waals surface area contributed by atoms with Crippen LogP contribution in [0.1, 0.15) is 31.1 Å². The fourth-order valence-electron chi connectivity index (χ4n) is 3.53. The largest absolute Gasteiger partial charge is 0.507 e. The number of phenols is 2. The number of ether oxygens (including phenoxy) is 1. The summed E-state index contributed by atoms with van der Waals surface area (Å²) >= 11 is 12.1. The molecule has 0 aliphatic heterocycles. The second-order valence-electron chi connectivity index (χ2n) is 7.65. The monoisotopic (exact) mass is 524 g/mol. The van der Waals surface area contributed by atoms with E-state index in [1.165, 1.54) is 55.6 Å². The van der Waals surface area contributed by atoms with Crippen molar-refractivity contribution in [3.8, 4) is 11.5 Å². The van der Waals surface area contributed by atoms with Gasteiger partial charge in [-0.05, 0) is 60.0 Å². The number of nitrogens with one attached hydrogen (secondary N) is 2. The maximum Gasteiger partial charge on any atom is 0.339 e. The Kier molecular flexibility index (Phi) is 7.00. The van der Waals surface area contributed by atoms with Crippen molar-refractivity contribution >= 4 is 63.1 Å². The Morgan fingerprint density at radius 3 is 2.28 bits per heavy atom. The molecule has 10 heteroatoms. The Morgan fingerprint density at radius 2 is 1.53 bits per heavy atom. The topological polar surface area (TPSA) is 125 Å². The van der Waals surface area contributed by atoms with Crippen molar-refractivity contribution in [2.24, 2.45) is 0 Å². The highest BCUT2D eigenvalue weighted by atomic mass is 35.5. The maximum atomic E-state index is 13.1. The first-order chi connectivity index (χ1) is 17.2. The molecule has 8 nitrogen and oxygen atoms in total. The highest BCUT2D eigenvalue weighted by molar-refractivity contribution is 6.36. The quantitative estimate of drug-likeness (QED) is 0.242. The number of fused-ring (bicyclic) bond motifs is 1. The maximum absolute atomic E-state index is 13.1. The number of benzene rings is 4. The second kappa shape index (κ2) is 10.2. The number of aromatic hydroxyl groups is 2. The molecule has 0 aliphatic rings. The van der Waals surface area contributed by atoms with Crippen LogP contribution in [0.25, 0.3) is 10.8 Å². The van der Waals surface area contributed by atoms with Crippen LogP contribution in [0.15, 0.2) is 66.7 Å². The van der Waals surface area contributed by atoms with Gasteiger partial charge in [0.05, 0.1) is 34.6 Å². The zero-order chi connectivity index (χ0) is 26.0. The summed E-state index contributed by atoms with van der Waals surface area (Å²) in [6, 6.07) is 16.0. The molecule has 0 aromatic heterocycles. The van der Waals surface area contributed by atoms with Crippen molar-refractivity contribution in [3.63, 3.8) is 0 Å². The molecule has 4 rings (SSSR count). The zero-order valence-corrected chi connectivity index (χ0v) is 20.1. The van der Waals surface area contributed by atoms with Gasteiger partial charge in [0.25, 0.3) is 11.8 Å². The van der Waals surface area contributed by atoms with Gasteiger partial charge in [-0.25, -0.2) is 4.79 Å². The van der Waals surface area contributed by atoms with E-state index in [0.29, 0.717) is 15.8 Å². The molecular formula is C26H18Cl2N2O6. The van der Waals surface area contributed by atoms with Crippen LogP contribution in [-0.2, 0) is 4.74 Å². The van der Waals surface area contributed by atoms with Crippen LogP contribution in [0.3, 0.4) is 0 Å². The molecule has 0 heterocycles. The third-order valence-corrected chi connectivity index (χ3v) is 5.89. The van der Waals surface area contributed by atoms with Crippen LogP contribution in [0.5, 0.6) is 11.5 Å². The number of amides is 2. The van der Waals surface area contributed by atoms with Gasteiger partial charge in [-0.2, -0.15) is 0 Å². The van der Waals surface area contributed by atoms with Gasteiger partial charge in [0.15, 0.2) is 0 Å². The number of halogens is 2. The highest BCUT2D eigenvalue weighted by Crippen LogP contribution is 2.32. The molecule has 36 heavy (non-hydrogen) atoms. The van der Waals surface area contributed by atoms with Gasteiger partial charge in [0.2, 0.25) is 0 Å². The van der Waals surface area contributed by atoms with E-state index < -0.39 is 17.8 Å². The molecular weight excluding hydrogens is 507 g/mol. The molecule has 2 amide bonds. The van der Waals surface area contributed by atoms with E-state index in [9.17, 15) is 24.6 Å². The molecule has 4 N–H and O–H groups in total. The Morgan fingerprint density at radius 1 is 0.778 bits per heavy atom. The first-order valence-electron chi connectivity index (χ1n) is 10.4. The Hall–Kier alpha value is -4.27. The lowest BCUT2D eigenvalue weighted by molar-refractivity contribution is 0.0601. The lowest BCUT2D eigenvalue weighted by Gasteiger charge is -2.14. The van der Waals surface area contributed by atoms with E-state index in [1.54, 1.807) is 18.2 Å². The molecule has 0 bridgehead atoms. The summed E-state index contributed by atoms with van der Waals surface area (Å²) in [4.78, 5) is 38.2.